The lowest BCUT2D eigenvalue weighted by Crippen LogP contribution is -2.39. The van der Waals surface area contributed by atoms with E-state index in [9.17, 15) is 10.2 Å². The summed E-state index contributed by atoms with van der Waals surface area (Å²) in [6.45, 7) is 0.138. The molecular weight excluding hydrogens is 442 g/mol. The molecule has 0 atom stereocenters. The second-order valence-electron chi connectivity index (χ2n) is 7.97. The normalized spacial score (nSPS) is 11.8. The van der Waals surface area contributed by atoms with Crippen LogP contribution >= 0.6 is 15.8 Å². The number of hydrogen-bond acceptors (Lipinski definition) is 2. The highest BCUT2D eigenvalue weighted by molar-refractivity contribution is 7.90. The first-order valence-electron chi connectivity index (χ1n) is 11.4. The maximum absolute atomic E-state index is 12.9. The fourth-order valence-electron chi connectivity index (χ4n) is 4.23. The topological polar surface area (TPSA) is 40.5 Å². The summed E-state index contributed by atoms with van der Waals surface area (Å²) in [7, 11) is -2.19. The molecule has 2 nitrogen and oxygen atoms in total. The standard InChI is InChI=1S/C29H30O2P2/c30-24-14-13-23-29(31,32(25-15-5-1-6-16-25)26-17-7-2-8-18-26)33(27-19-9-3-10-20-27)28-21-11-4-12-22-28/h1-12,15-22,30-31H,13-14,23-24H2. The Morgan fingerprint density at radius 3 is 1.06 bits per heavy atom. The number of hydrogen-bond donors (Lipinski definition) is 2. The fourth-order valence-corrected chi connectivity index (χ4v) is 11.3. The van der Waals surface area contributed by atoms with E-state index < -0.39 is 20.9 Å². The van der Waals surface area contributed by atoms with Crippen LogP contribution in [0.25, 0.3) is 0 Å². The summed E-state index contributed by atoms with van der Waals surface area (Å²) < 4.78 is 0. The van der Waals surface area contributed by atoms with Crippen LogP contribution in [0.15, 0.2) is 121 Å². The Kier molecular flexibility index (Phi) is 8.43. The van der Waals surface area contributed by atoms with Gasteiger partial charge in [-0.1, -0.05) is 121 Å². The van der Waals surface area contributed by atoms with Crippen LogP contribution < -0.4 is 21.2 Å². The zero-order valence-electron chi connectivity index (χ0n) is 18.7. The Hall–Kier alpha value is -2.34. The summed E-state index contributed by atoms with van der Waals surface area (Å²) >= 11 is 0. The number of aliphatic hydroxyl groups is 2. The predicted molar refractivity (Wildman–Crippen MR) is 144 cm³/mol. The van der Waals surface area contributed by atoms with Crippen molar-refractivity contribution in [2.24, 2.45) is 0 Å². The molecule has 0 unspecified atom stereocenters. The molecule has 0 aliphatic heterocycles. The van der Waals surface area contributed by atoms with Crippen LogP contribution in [0.3, 0.4) is 0 Å². The Morgan fingerprint density at radius 1 is 0.485 bits per heavy atom. The van der Waals surface area contributed by atoms with Gasteiger partial charge in [-0.15, -0.1) is 0 Å². The highest BCUT2D eigenvalue weighted by Crippen LogP contribution is 2.65. The molecule has 0 spiro atoms. The lowest BCUT2D eigenvalue weighted by molar-refractivity contribution is 0.199. The van der Waals surface area contributed by atoms with Crippen molar-refractivity contribution >= 4 is 37.1 Å². The van der Waals surface area contributed by atoms with E-state index >= 15 is 0 Å². The van der Waals surface area contributed by atoms with E-state index in [1.165, 1.54) is 21.2 Å². The van der Waals surface area contributed by atoms with Gasteiger partial charge in [0, 0.05) is 6.61 Å². The van der Waals surface area contributed by atoms with Gasteiger partial charge < -0.3 is 10.2 Å². The summed E-state index contributed by atoms with van der Waals surface area (Å²) in [4.78, 5) is 0. The van der Waals surface area contributed by atoms with E-state index in [4.69, 9.17) is 0 Å². The molecule has 4 heteroatoms. The molecule has 0 aliphatic carbocycles. The lowest BCUT2D eigenvalue weighted by atomic mass is 10.2. The molecule has 168 valence electrons. The van der Waals surface area contributed by atoms with Gasteiger partial charge >= 0.3 is 0 Å². The Bertz CT molecular complexity index is 928. The maximum atomic E-state index is 12.9. The van der Waals surface area contributed by atoms with Gasteiger partial charge in [-0.25, -0.2) is 0 Å². The van der Waals surface area contributed by atoms with Gasteiger partial charge in [-0.3, -0.25) is 0 Å². The third-order valence-electron chi connectivity index (χ3n) is 5.69. The highest BCUT2D eigenvalue weighted by Gasteiger charge is 2.46. The molecular formula is C29H30O2P2. The summed E-state index contributed by atoms with van der Waals surface area (Å²) in [5.74, 6) is 0. The molecule has 0 radical (unpaired) electrons. The van der Waals surface area contributed by atoms with E-state index in [1.807, 2.05) is 24.3 Å². The second kappa shape index (κ2) is 11.7. The molecule has 0 amide bonds. The maximum Gasteiger partial charge on any atom is 0.118 e. The Morgan fingerprint density at radius 2 is 0.788 bits per heavy atom. The first-order valence-corrected chi connectivity index (χ1v) is 14.1. The van der Waals surface area contributed by atoms with Crippen LogP contribution in [0.2, 0.25) is 0 Å². The van der Waals surface area contributed by atoms with Gasteiger partial charge in [0.2, 0.25) is 0 Å². The molecule has 0 heterocycles. The summed E-state index contributed by atoms with van der Waals surface area (Å²) in [6, 6.07) is 41.9. The quantitative estimate of drug-likeness (QED) is 0.250. The van der Waals surface area contributed by atoms with Crippen molar-refractivity contribution in [1.29, 1.82) is 0 Å². The first-order chi connectivity index (χ1) is 16.2. The van der Waals surface area contributed by atoms with Crippen LogP contribution in [0.5, 0.6) is 0 Å². The van der Waals surface area contributed by atoms with Crippen molar-refractivity contribution in [3.63, 3.8) is 0 Å². The molecule has 0 aromatic heterocycles. The Labute approximate surface area is 199 Å². The van der Waals surface area contributed by atoms with E-state index in [0.717, 1.165) is 6.42 Å². The van der Waals surface area contributed by atoms with Crippen molar-refractivity contribution in [2.45, 2.75) is 24.3 Å². The first kappa shape index (κ1) is 23.8. The van der Waals surface area contributed by atoms with Crippen LogP contribution in [0.4, 0.5) is 0 Å². The molecule has 0 fully saturated rings. The van der Waals surface area contributed by atoms with E-state index in [-0.39, 0.29) is 6.61 Å². The minimum Gasteiger partial charge on any atom is -0.396 e. The van der Waals surface area contributed by atoms with E-state index in [0.29, 0.717) is 12.8 Å². The zero-order valence-corrected chi connectivity index (χ0v) is 20.5. The van der Waals surface area contributed by atoms with Crippen molar-refractivity contribution in [2.75, 3.05) is 6.61 Å². The second-order valence-corrected chi connectivity index (χ2v) is 13.2. The summed E-state index contributed by atoms with van der Waals surface area (Å²) in [5, 5.41) is 26.2. The third-order valence-corrected chi connectivity index (χ3v) is 12.0. The minimum absolute atomic E-state index is 0.138. The van der Waals surface area contributed by atoms with Crippen LogP contribution in [0.1, 0.15) is 19.3 Å². The fraction of sp³-hybridized carbons (Fsp3) is 0.172. The molecule has 4 aromatic rings. The van der Waals surface area contributed by atoms with Crippen molar-refractivity contribution in [3.8, 4) is 0 Å². The SMILES string of the molecule is OCCCCC(O)(P(c1ccccc1)c1ccccc1)P(c1ccccc1)c1ccccc1. The summed E-state index contributed by atoms with van der Waals surface area (Å²) in [6.07, 6.45) is 2.07. The monoisotopic (exact) mass is 472 g/mol. The van der Waals surface area contributed by atoms with E-state index in [2.05, 4.69) is 97.1 Å². The molecule has 0 saturated heterocycles. The minimum atomic E-state index is -1.10. The predicted octanol–water partition coefficient (Wildman–Crippen LogP) is 5.06. The number of unbranched alkanes of at least 4 members (excludes halogenated alkanes) is 1. The van der Waals surface area contributed by atoms with Gasteiger partial charge in [0.1, 0.15) is 5.08 Å². The molecule has 4 aromatic carbocycles. The molecule has 0 saturated carbocycles. The van der Waals surface area contributed by atoms with Gasteiger partial charge in [-0.2, -0.15) is 0 Å². The zero-order chi connectivity index (χ0) is 22.9. The van der Waals surface area contributed by atoms with Crippen LogP contribution in [-0.4, -0.2) is 21.9 Å². The van der Waals surface area contributed by atoms with Crippen molar-refractivity contribution in [1.82, 2.24) is 0 Å². The molecule has 33 heavy (non-hydrogen) atoms. The van der Waals surface area contributed by atoms with Crippen LogP contribution in [0, 0.1) is 0 Å². The molecule has 4 rings (SSSR count). The van der Waals surface area contributed by atoms with Gasteiger partial charge in [0.05, 0.1) is 0 Å². The average Bonchev–Trinajstić information content (AvgIpc) is 2.87. The molecule has 0 bridgehead atoms. The van der Waals surface area contributed by atoms with Gasteiger partial charge in [-0.05, 0) is 56.3 Å². The van der Waals surface area contributed by atoms with E-state index in [1.54, 1.807) is 0 Å². The summed E-state index contributed by atoms with van der Waals surface area (Å²) in [5.41, 5.74) is 0. The highest BCUT2D eigenvalue weighted by atomic mass is 31.2. The van der Waals surface area contributed by atoms with Crippen LogP contribution in [-0.2, 0) is 0 Å². The van der Waals surface area contributed by atoms with Crippen molar-refractivity contribution in [3.05, 3.63) is 121 Å². The van der Waals surface area contributed by atoms with Gasteiger partial charge in [0.15, 0.2) is 0 Å². The van der Waals surface area contributed by atoms with Gasteiger partial charge in [0.25, 0.3) is 0 Å². The lowest BCUT2D eigenvalue weighted by Gasteiger charge is -2.44. The number of benzene rings is 4. The third kappa shape index (κ3) is 5.60. The number of aliphatic hydroxyl groups excluding tert-OH is 1. The molecule has 0 aliphatic rings. The van der Waals surface area contributed by atoms with Crippen molar-refractivity contribution < 1.29 is 10.2 Å². The Balaban J connectivity index is 1.95. The number of rotatable bonds is 10. The molecule has 2 N–H and O–H groups in total. The smallest absolute Gasteiger partial charge is 0.118 e. The largest absolute Gasteiger partial charge is 0.396 e. The average molecular weight is 473 g/mol.